The molecule has 0 fully saturated rings. The highest BCUT2D eigenvalue weighted by Gasteiger charge is 2.28. The van der Waals surface area contributed by atoms with Gasteiger partial charge in [-0.2, -0.15) is 0 Å². The van der Waals surface area contributed by atoms with Crippen molar-refractivity contribution in [3.05, 3.63) is 102 Å². The number of unbranched alkanes of at least 4 members (excludes halogenated alkanes) is 1. The smallest absolute Gasteiger partial charge is 0.293 e. The first-order chi connectivity index (χ1) is 24.9. The number of nitrogens with one attached hydrogen (secondary N) is 2. The van der Waals surface area contributed by atoms with Gasteiger partial charge in [0.15, 0.2) is 11.9 Å². The van der Waals surface area contributed by atoms with Crippen molar-refractivity contribution in [2.75, 3.05) is 38.7 Å². The van der Waals surface area contributed by atoms with Gasteiger partial charge in [-0.25, -0.2) is 0 Å². The van der Waals surface area contributed by atoms with E-state index in [-0.39, 0.29) is 25.0 Å². The minimum absolute atomic E-state index is 0.00776. The lowest BCUT2D eigenvalue weighted by Crippen LogP contribution is -2.50. The molecule has 10 heteroatoms. The van der Waals surface area contributed by atoms with Gasteiger partial charge in [-0.05, 0) is 62.1 Å². The summed E-state index contributed by atoms with van der Waals surface area (Å²) in [5.41, 5.74) is 2.76. The lowest BCUT2D eigenvalue weighted by atomic mass is 9.99. The van der Waals surface area contributed by atoms with E-state index in [0.29, 0.717) is 48.1 Å². The number of ether oxygens (including phenoxy) is 2. The molecule has 0 saturated heterocycles. The van der Waals surface area contributed by atoms with Gasteiger partial charge in [0.05, 0.1) is 32.3 Å². The maximum Gasteiger partial charge on any atom is 0.293 e. The summed E-state index contributed by atoms with van der Waals surface area (Å²) in [6, 6.07) is 24.0. The van der Waals surface area contributed by atoms with E-state index in [1.165, 1.54) is 12.8 Å². The molecule has 286 valence electrons. The van der Waals surface area contributed by atoms with Gasteiger partial charge in [-0.15, -0.1) is 5.06 Å². The van der Waals surface area contributed by atoms with Gasteiger partial charge in [0.1, 0.15) is 5.75 Å². The third-order valence-electron chi connectivity index (χ3n) is 8.53. The van der Waals surface area contributed by atoms with Crippen LogP contribution in [-0.4, -0.2) is 80.6 Å². The lowest BCUT2D eigenvalue weighted by Gasteiger charge is -2.33. The Kier molecular flexibility index (Phi) is 20.0. The molecule has 3 aromatic rings. The molecule has 0 spiro atoms. The van der Waals surface area contributed by atoms with Gasteiger partial charge in [0.2, 0.25) is 0 Å². The first-order valence-corrected chi connectivity index (χ1v) is 18.4. The van der Waals surface area contributed by atoms with Crippen molar-refractivity contribution in [2.45, 2.75) is 91.5 Å². The molecule has 0 radical (unpaired) electrons. The minimum atomic E-state index is -0.901. The van der Waals surface area contributed by atoms with Crippen LogP contribution in [0.5, 0.6) is 11.5 Å². The van der Waals surface area contributed by atoms with Gasteiger partial charge in [-0.1, -0.05) is 96.0 Å². The van der Waals surface area contributed by atoms with Crippen LogP contribution in [0, 0.1) is 5.92 Å². The molecule has 0 aliphatic rings. The first-order valence-electron chi connectivity index (χ1n) is 18.4. The van der Waals surface area contributed by atoms with Crippen molar-refractivity contribution in [1.29, 1.82) is 0 Å². The van der Waals surface area contributed by atoms with Crippen LogP contribution < -0.4 is 25.1 Å². The Hall–Kier alpha value is -4.54. The molecule has 3 aromatic carbocycles. The number of anilines is 1. The predicted octanol–water partition coefficient (Wildman–Crippen LogP) is 7.04. The average Bonchev–Trinajstić information content (AvgIpc) is 3.14. The Balaban J connectivity index is 0.00000222. The molecule has 4 atom stereocenters. The highest BCUT2D eigenvalue weighted by molar-refractivity contribution is 5.95. The second-order valence-electron chi connectivity index (χ2n) is 13.4. The standard InChI is InChI=1S/C38H52N4O6.C4H10/c1-8-28(4)23-42(48-34-19-13-18-33(22-34)46-7)24-36(44)35(20-30-14-10-9-11-15-30)40-29(5)37(47-26-43)25-41(6)32-17-12-16-31(21-32)38(45)39-27(2)3;1-3-4-2/h9-19,21-22,26-28,35-37,40,44H,5,8,20,23-25H2,1-4,6-7H3,(H,39,45);3-4H2,1-2H3. The molecule has 52 heavy (non-hydrogen) atoms. The molecule has 0 aromatic heterocycles. The summed E-state index contributed by atoms with van der Waals surface area (Å²) in [5, 5.41) is 19.8. The highest BCUT2D eigenvalue weighted by atomic mass is 16.7. The number of rotatable bonds is 22. The summed E-state index contributed by atoms with van der Waals surface area (Å²) in [7, 11) is 3.46. The van der Waals surface area contributed by atoms with E-state index < -0.39 is 18.2 Å². The highest BCUT2D eigenvalue weighted by Crippen LogP contribution is 2.22. The quantitative estimate of drug-likeness (QED) is 0.0745. The number of nitrogens with zero attached hydrogens (tertiary/aromatic N) is 2. The van der Waals surface area contributed by atoms with Gasteiger partial charge in [-0.3, -0.25) is 9.59 Å². The second kappa shape index (κ2) is 23.8. The topological polar surface area (TPSA) is 113 Å². The molecule has 0 bridgehead atoms. The number of hydroxylamine groups is 2. The zero-order chi connectivity index (χ0) is 38.5. The number of methoxy groups -OCH3 is 1. The third kappa shape index (κ3) is 15.8. The summed E-state index contributed by atoms with van der Waals surface area (Å²) >= 11 is 0. The number of likely N-dealkylation sites (N-methyl/N-ethyl adjacent to an activating group) is 1. The predicted molar refractivity (Wildman–Crippen MR) is 211 cm³/mol. The van der Waals surface area contributed by atoms with Crippen molar-refractivity contribution in [3.63, 3.8) is 0 Å². The van der Waals surface area contributed by atoms with Crippen LogP contribution in [0.15, 0.2) is 91.1 Å². The summed E-state index contributed by atoms with van der Waals surface area (Å²) in [5.74, 6) is 1.43. The van der Waals surface area contributed by atoms with Gasteiger partial charge < -0.3 is 35.0 Å². The summed E-state index contributed by atoms with van der Waals surface area (Å²) in [6.07, 6.45) is 2.41. The zero-order valence-electron chi connectivity index (χ0n) is 32.5. The molecular weight excluding hydrogens is 656 g/mol. The summed E-state index contributed by atoms with van der Waals surface area (Å²) in [4.78, 5) is 32.4. The molecule has 3 rings (SSSR count). The molecule has 0 heterocycles. The molecule has 3 N–H and O–H groups in total. The fraction of sp³-hybridized carbons (Fsp3) is 0.476. The number of amides is 1. The van der Waals surface area contributed by atoms with Gasteiger partial charge >= 0.3 is 0 Å². The van der Waals surface area contributed by atoms with Crippen LogP contribution in [0.2, 0.25) is 0 Å². The van der Waals surface area contributed by atoms with E-state index >= 15 is 0 Å². The van der Waals surface area contributed by atoms with Crippen molar-refractivity contribution < 1.29 is 29.0 Å². The van der Waals surface area contributed by atoms with Crippen LogP contribution in [0.3, 0.4) is 0 Å². The Morgan fingerprint density at radius 1 is 0.885 bits per heavy atom. The van der Waals surface area contributed by atoms with Crippen LogP contribution in [0.4, 0.5) is 5.69 Å². The van der Waals surface area contributed by atoms with Crippen molar-refractivity contribution in [3.8, 4) is 11.5 Å². The lowest BCUT2D eigenvalue weighted by molar-refractivity contribution is -0.131. The van der Waals surface area contributed by atoms with E-state index in [9.17, 15) is 14.7 Å². The van der Waals surface area contributed by atoms with Crippen molar-refractivity contribution >= 4 is 18.1 Å². The number of hydrogen-bond donors (Lipinski definition) is 3. The number of carbonyl (C=O) groups excluding carboxylic acids is 2. The van der Waals surface area contributed by atoms with E-state index in [1.807, 2.05) is 92.5 Å². The summed E-state index contributed by atoms with van der Waals surface area (Å²) < 4.78 is 10.9. The van der Waals surface area contributed by atoms with Crippen molar-refractivity contribution in [2.24, 2.45) is 5.92 Å². The van der Waals surface area contributed by atoms with Crippen LogP contribution in [-0.2, 0) is 16.0 Å². The largest absolute Gasteiger partial charge is 0.497 e. The summed E-state index contributed by atoms with van der Waals surface area (Å²) in [6.45, 7) is 18.1. The fourth-order valence-corrected chi connectivity index (χ4v) is 5.14. The maximum atomic E-state index is 12.6. The number of hydrogen-bond acceptors (Lipinski definition) is 9. The number of carbonyl (C=O) groups is 2. The van der Waals surface area contributed by atoms with Gasteiger partial charge in [0.25, 0.3) is 12.4 Å². The number of aliphatic hydroxyl groups excluding tert-OH is 1. The Labute approximate surface area is 312 Å². The Morgan fingerprint density at radius 3 is 2.17 bits per heavy atom. The minimum Gasteiger partial charge on any atom is -0.497 e. The van der Waals surface area contributed by atoms with E-state index in [2.05, 4.69) is 44.9 Å². The molecule has 0 aliphatic heterocycles. The molecular formula is C42H62N4O6. The number of aliphatic hydroxyl groups is 1. The SMILES string of the molecule is C=C(NC(Cc1ccccc1)C(O)CN(CC(C)CC)Oc1cccc(OC)c1)C(CN(C)c1cccc(C(=O)NC(C)C)c1)OC=O.CCCC. The zero-order valence-corrected chi connectivity index (χ0v) is 32.5. The van der Waals surface area contributed by atoms with Crippen molar-refractivity contribution in [1.82, 2.24) is 15.7 Å². The number of benzene rings is 3. The molecule has 0 aliphatic carbocycles. The van der Waals surface area contributed by atoms with Gasteiger partial charge in [0, 0.05) is 42.6 Å². The molecule has 1 amide bonds. The van der Waals surface area contributed by atoms with E-state index in [0.717, 1.165) is 17.7 Å². The molecule has 0 saturated carbocycles. The second-order valence-corrected chi connectivity index (χ2v) is 13.4. The fourth-order valence-electron chi connectivity index (χ4n) is 5.14. The van der Waals surface area contributed by atoms with E-state index in [1.54, 1.807) is 24.3 Å². The normalized spacial score (nSPS) is 13.1. The Bertz CT molecular complexity index is 1470. The average molecular weight is 719 g/mol. The van der Waals surface area contributed by atoms with Crippen LogP contribution >= 0.6 is 0 Å². The van der Waals surface area contributed by atoms with E-state index in [4.69, 9.17) is 14.3 Å². The maximum absolute atomic E-state index is 12.6. The van der Waals surface area contributed by atoms with Crippen LogP contribution in [0.25, 0.3) is 0 Å². The first kappa shape index (κ1) is 43.6. The molecule has 10 nitrogen and oxygen atoms in total. The third-order valence-corrected chi connectivity index (χ3v) is 8.53. The Morgan fingerprint density at radius 2 is 1.56 bits per heavy atom. The molecule has 4 unspecified atom stereocenters. The van der Waals surface area contributed by atoms with Crippen LogP contribution in [0.1, 0.15) is 76.7 Å². The monoisotopic (exact) mass is 718 g/mol.